The third-order valence-corrected chi connectivity index (χ3v) is 5.71. The fourth-order valence-electron chi connectivity index (χ4n) is 4.13. The number of hydrogen-bond donors (Lipinski definition) is 1. The van der Waals surface area contributed by atoms with E-state index in [1.807, 2.05) is 24.0 Å². The van der Waals surface area contributed by atoms with Gasteiger partial charge in [-0.25, -0.2) is 4.39 Å². The predicted molar refractivity (Wildman–Crippen MR) is 97.4 cm³/mol. The van der Waals surface area contributed by atoms with Crippen molar-refractivity contribution in [2.75, 3.05) is 19.6 Å². The molecule has 0 aliphatic carbocycles. The fraction of sp³-hybridized carbons (Fsp3) is 0.650. The molecule has 0 radical (unpaired) electrons. The number of likely N-dealkylation sites (tertiary alicyclic amines) is 2. The van der Waals surface area contributed by atoms with E-state index in [4.69, 9.17) is 5.73 Å². The molecule has 2 fully saturated rings. The van der Waals surface area contributed by atoms with Crippen LogP contribution in [0, 0.1) is 11.7 Å². The maximum atomic E-state index is 13.2. The molecule has 1 aromatic carbocycles. The van der Waals surface area contributed by atoms with E-state index in [2.05, 4.69) is 4.90 Å². The number of piperidine rings is 2. The van der Waals surface area contributed by atoms with Crippen LogP contribution in [0.5, 0.6) is 0 Å². The summed E-state index contributed by atoms with van der Waals surface area (Å²) in [6, 6.07) is 6.71. The van der Waals surface area contributed by atoms with Gasteiger partial charge in [0, 0.05) is 25.7 Å². The molecule has 2 aliphatic rings. The zero-order valence-electron chi connectivity index (χ0n) is 15.2. The van der Waals surface area contributed by atoms with E-state index in [0.717, 1.165) is 57.3 Å². The van der Waals surface area contributed by atoms with Crippen LogP contribution in [0.1, 0.15) is 44.6 Å². The topological polar surface area (TPSA) is 49.6 Å². The van der Waals surface area contributed by atoms with Crippen molar-refractivity contribution < 1.29 is 9.18 Å². The molecule has 3 rings (SSSR count). The Bertz CT molecular complexity index is 575. The lowest BCUT2D eigenvalue weighted by atomic mass is 9.91. The van der Waals surface area contributed by atoms with E-state index >= 15 is 0 Å². The van der Waals surface area contributed by atoms with Gasteiger partial charge in [-0.2, -0.15) is 0 Å². The monoisotopic (exact) mass is 347 g/mol. The number of halogens is 1. The maximum absolute atomic E-state index is 13.2. The maximum Gasteiger partial charge on any atom is 0.239 e. The fourth-order valence-corrected chi connectivity index (χ4v) is 4.13. The van der Waals surface area contributed by atoms with Crippen LogP contribution in [-0.2, 0) is 11.3 Å². The average molecular weight is 347 g/mol. The number of nitrogens with zero attached hydrogens (tertiary/aromatic N) is 2. The van der Waals surface area contributed by atoms with E-state index in [1.54, 1.807) is 0 Å². The number of hydrogen-bond acceptors (Lipinski definition) is 3. The Morgan fingerprint density at radius 2 is 1.96 bits per heavy atom. The number of benzene rings is 1. The van der Waals surface area contributed by atoms with Gasteiger partial charge in [-0.15, -0.1) is 0 Å². The zero-order chi connectivity index (χ0) is 17.8. The van der Waals surface area contributed by atoms with Crippen molar-refractivity contribution in [1.29, 1.82) is 0 Å². The van der Waals surface area contributed by atoms with Crippen molar-refractivity contribution in [3.63, 3.8) is 0 Å². The highest BCUT2D eigenvalue weighted by atomic mass is 19.1. The summed E-state index contributed by atoms with van der Waals surface area (Å²) >= 11 is 0. The summed E-state index contributed by atoms with van der Waals surface area (Å²) in [5.74, 6) is 0.448. The molecule has 0 spiro atoms. The summed E-state index contributed by atoms with van der Waals surface area (Å²) in [7, 11) is 0. The van der Waals surface area contributed by atoms with Gasteiger partial charge >= 0.3 is 0 Å². The molecule has 1 amide bonds. The smallest absolute Gasteiger partial charge is 0.239 e. The number of carbonyl (C=O) groups excluding carboxylic acids is 1. The molecule has 0 saturated carbocycles. The SMILES string of the molecule is C[C@H](N)[C@H]1CCCN(C(=O)[C@@H]2CCCCN2Cc2ccc(F)cc2)C1. The van der Waals surface area contributed by atoms with E-state index in [0.29, 0.717) is 12.5 Å². The third kappa shape index (κ3) is 4.59. The summed E-state index contributed by atoms with van der Waals surface area (Å²) in [5, 5.41) is 0. The van der Waals surface area contributed by atoms with Crippen LogP contribution >= 0.6 is 0 Å². The minimum absolute atomic E-state index is 0.0503. The third-order valence-electron chi connectivity index (χ3n) is 5.71. The quantitative estimate of drug-likeness (QED) is 0.911. The van der Waals surface area contributed by atoms with Crippen molar-refractivity contribution in [2.24, 2.45) is 11.7 Å². The van der Waals surface area contributed by atoms with Crippen LogP contribution < -0.4 is 5.73 Å². The molecule has 0 unspecified atom stereocenters. The molecule has 2 saturated heterocycles. The van der Waals surface area contributed by atoms with Gasteiger partial charge in [0.05, 0.1) is 6.04 Å². The lowest BCUT2D eigenvalue weighted by molar-refractivity contribution is -0.140. The van der Waals surface area contributed by atoms with Gasteiger partial charge in [0.2, 0.25) is 5.91 Å². The molecule has 4 nitrogen and oxygen atoms in total. The van der Waals surface area contributed by atoms with Crippen LogP contribution in [0.4, 0.5) is 4.39 Å². The summed E-state index contributed by atoms with van der Waals surface area (Å²) in [4.78, 5) is 17.5. The minimum Gasteiger partial charge on any atom is -0.341 e. The molecule has 25 heavy (non-hydrogen) atoms. The zero-order valence-corrected chi connectivity index (χ0v) is 15.2. The first-order chi connectivity index (χ1) is 12.0. The number of nitrogens with two attached hydrogens (primary N) is 1. The number of amides is 1. The highest BCUT2D eigenvalue weighted by Gasteiger charge is 2.34. The van der Waals surface area contributed by atoms with Crippen molar-refractivity contribution >= 4 is 5.91 Å². The van der Waals surface area contributed by atoms with Gasteiger partial charge in [0.15, 0.2) is 0 Å². The van der Waals surface area contributed by atoms with Gasteiger partial charge in [0.1, 0.15) is 5.82 Å². The molecule has 3 atom stereocenters. The van der Waals surface area contributed by atoms with Crippen LogP contribution in [-0.4, -0.2) is 47.4 Å². The van der Waals surface area contributed by atoms with E-state index < -0.39 is 0 Å². The molecule has 5 heteroatoms. The molecule has 2 heterocycles. The normalized spacial score (nSPS) is 26.4. The molecule has 138 valence electrons. The first kappa shape index (κ1) is 18.3. The van der Waals surface area contributed by atoms with Crippen LogP contribution in [0.15, 0.2) is 24.3 Å². The summed E-state index contributed by atoms with van der Waals surface area (Å²) in [5.41, 5.74) is 7.13. The number of rotatable bonds is 4. The minimum atomic E-state index is -0.217. The number of carbonyl (C=O) groups is 1. The summed E-state index contributed by atoms with van der Waals surface area (Å²) in [6.07, 6.45) is 5.29. The van der Waals surface area contributed by atoms with Crippen LogP contribution in [0.2, 0.25) is 0 Å². The first-order valence-electron chi connectivity index (χ1n) is 9.57. The van der Waals surface area contributed by atoms with Crippen molar-refractivity contribution in [2.45, 2.75) is 57.7 Å². The average Bonchev–Trinajstić information content (AvgIpc) is 2.63. The Labute approximate surface area is 150 Å². The largest absolute Gasteiger partial charge is 0.341 e. The second-order valence-electron chi connectivity index (χ2n) is 7.65. The Balaban J connectivity index is 1.67. The molecule has 0 bridgehead atoms. The van der Waals surface area contributed by atoms with Gasteiger partial charge in [-0.3, -0.25) is 9.69 Å². The molecule has 2 N–H and O–H groups in total. The van der Waals surface area contributed by atoms with E-state index in [9.17, 15) is 9.18 Å². The lowest BCUT2D eigenvalue weighted by Crippen LogP contribution is -2.54. The van der Waals surface area contributed by atoms with Gasteiger partial charge in [-0.05, 0) is 62.8 Å². The summed E-state index contributed by atoms with van der Waals surface area (Å²) in [6.45, 7) is 5.32. The highest BCUT2D eigenvalue weighted by molar-refractivity contribution is 5.82. The Hall–Kier alpha value is -1.46. The molecule has 1 aromatic rings. The van der Waals surface area contributed by atoms with Crippen molar-refractivity contribution in [3.8, 4) is 0 Å². The van der Waals surface area contributed by atoms with Crippen LogP contribution in [0.3, 0.4) is 0 Å². The highest BCUT2D eigenvalue weighted by Crippen LogP contribution is 2.25. The molecular weight excluding hydrogens is 317 g/mol. The van der Waals surface area contributed by atoms with Gasteiger partial charge < -0.3 is 10.6 Å². The Morgan fingerprint density at radius 3 is 2.68 bits per heavy atom. The lowest BCUT2D eigenvalue weighted by Gasteiger charge is -2.41. The van der Waals surface area contributed by atoms with E-state index in [-0.39, 0.29) is 23.8 Å². The first-order valence-corrected chi connectivity index (χ1v) is 9.57. The van der Waals surface area contributed by atoms with Crippen molar-refractivity contribution in [1.82, 2.24) is 9.80 Å². The standard InChI is InChI=1S/C20H30FN3O/c1-15(22)17-5-4-12-24(14-17)20(25)19-6-2-3-11-23(19)13-16-7-9-18(21)10-8-16/h7-10,15,17,19H,2-6,11-14,22H2,1H3/t15-,17-,19-/m0/s1. The second kappa shape index (κ2) is 8.28. The predicted octanol–water partition coefficient (Wildman–Crippen LogP) is 2.77. The Kier molecular flexibility index (Phi) is 6.07. The summed E-state index contributed by atoms with van der Waals surface area (Å²) < 4.78 is 13.1. The molecule has 0 aromatic heterocycles. The van der Waals surface area contributed by atoms with E-state index in [1.165, 1.54) is 12.1 Å². The van der Waals surface area contributed by atoms with Gasteiger partial charge in [-0.1, -0.05) is 18.6 Å². The van der Waals surface area contributed by atoms with Crippen LogP contribution in [0.25, 0.3) is 0 Å². The second-order valence-corrected chi connectivity index (χ2v) is 7.65. The molecular formula is C20H30FN3O. The van der Waals surface area contributed by atoms with Gasteiger partial charge in [0.25, 0.3) is 0 Å². The van der Waals surface area contributed by atoms with Crippen molar-refractivity contribution in [3.05, 3.63) is 35.6 Å². The molecule has 2 aliphatic heterocycles. The Morgan fingerprint density at radius 1 is 1.20 bits per heavy atom.